The van der Waals surface area contributed by atoms with Gasteiger partial charge in [0.25, 0.3) is 0 Å². The molecule has 2 aliphatic rings. The minimum absolute atomic E-state index is 0.366. The molecule has 2 heterocycles. The fraction of sp³-hybridized carbons (Fsp3) is 0.592. The molecule has 324 valence electrons. The van der Waals surface area contributed by atoms with E-state index in [9.17, 15) is 9.59 Å². The van der Waals surface area contributed by atoms with Gasteiger partial charge in [-0.15, -0.1) is 0 Å². The molecule has 0 N–H and O–H groups in total. The van der Waals surface area contributed by atoms with Crippen molar-refractivity contribution in [3.8, 4) is 23.0 Å². The van der Waals surface area contributed by atoms with Gasteiger partial charge in [-0.25, -0.2) is 9.59 Å². The molecule has 0 spiro atoms. The van der Waals surface area contributed by atoms with Gasteiger partial charge in [0.2, 0.25) is 0 Å². The zero-order valence-electron chi connectivity index (χ0n) is 35.5. The van der Waals surface area contributed by atoms with Gasteiger partial charge in [0.1, 0.15) is 35.2 Å². The number of hydrogen-bond donors (Lipinski definition) is 0. The highest BCUT2D eigenvalue weighted by atomic mass is 16.6. The summed E-state index contributed by atoms with van der Waals surface area (Å²) in [5, 5.41) is 0. The van der Waals surface area contributed by atoms with Crippen LogP contribution in [-0.4, -0.2) is 77.0 Å². The van der Waals surface area contributed by atoms with Gasteiger partial charge in [-0.3, -0.25) is 0 Å². The van der Waals surface area contributed by atoms with Crippen LogP contribution >= 0.6 is 0 Å². The van der Waals surface area contributed by atoms with Crippen LogP contribution in [0.1, 0.15) is 142 Å². The minimum Gasteiger partial charge on any atom is -0.494 e. The number of esters is 2. The molecule has 0 amide bonds. The zero-order chi connectivity index (χ0) is 41.2. The average molecular weight is 817 g/mol. The molecule has 0 aliphatic carbocycles. The molecule has 2 unspecified atom stereocenters. The van der Waals surface area contributed by atoms with Crippen molar-refractivity contribution in [3.63, 3.8) is 0 Å². The first-order valence-electron chi connectivity index (χ1n) is 22.4. The third-order valence-corrected chi connectivity index (χ3v) is 10.6. The lowest BCUT2D eigenvalue weighted by molar-refractivity contribution is 0.0718. The Morgan fingerprint density at radius 1 is 0.475 bits per heavy atom. The monoisotopic (exact) mass is 816 g/mol. The Balaban J connectivity index is 0.863. The Kier molecular flexibility index (Phi) is 21.7. The van der Waals surface area contributed by atoms with Crippen molar-refractivity contribution in [1.29, 1.82) is 0 Å². The Bertz CT molecular complexity index is 1600. The molecule has 0 aromatic heterocycles. The summed E-state index contributed by atoms with van der Waals surface area (Å²) in [7, 11) is 0. The van der Waals surface area contributed by atoms with E-state index in [0.29, 0.717) is 53.6 Å². The van der Waals surface area contributed by atoms with Gasteiger partial charge in [-0.1, -0.05) is 89.9 Å². The predicted molar refractivity (Wildman–Crippen MR) is 229 cm³/mol. The molecule has 2 fully saturated rings. The van der Waals surface area contributed by atoms with Gasteiger partial charge in [0, 0.05) is 13.2 Å². The highest BCUT2D eigenvalue weighted by molar-refractivity contribution is 5.92. The summed E-state index contributed by atoms with van der Waals surface area (Å²) < 4.78 is 44.5. The SMILES string of the molecule is Cc1cc(OC(=O)c2ccc(OCCCCCCCCCCCOCC3CO3)cc2)ccc1OC(=O)c1ccc(OCCCCCCCCCCCOCC2CO2)cc1. The number of epoxide rings is 2. The summed E-state index contributed by atoms with van der Waals surface area (Å²) in [6.45, 7) is 8.08. The third kappa shape index (κ3) is 20.2. The van der Waals surface area contributed by atoms with Crippen LogP contribution in [0.2, 0.25) is 0 Å². The number of benzene rings is 3. The molecule has 10 heteroatoms. The van der Waals surface area contributed by atoms with Gasteiger partial charge >= 0.3 is 11.9 Å². The zero-order valence-corrected chi connectivity index (χ0v) is 35.5. The second kappa shape index (κ2) is 27.7. The quantitative estimate of drug-likeness (QED) is 0.0250. The highest BCUT2D eigenvalue weighted by Crippen LogP contribution is 2.26. The summed E-state index contributed by atoms with van der Waals surface area (Å²) in [4.78, 5) is 25.7. The van der Waals surface area contributed by atoms with Crippen molar-refractivity contribution < 1.29 is 47.5 Å². The first-order valence-corrected chi connectivity index (χ1v) is 22.4. The molecule has 59 heavy (non-hydrogen) atoms. The van der Waals surface area contributed by atoms with Gasteiger partial charge in [-0.05, 0) is 105 Å². The lowest BCUT2D eigenvalue weighted by Crippen LogP contribution is -2.10. The molecule has 0 saturated carbocycles. The molecule has 3 aromatic carbocycles. The van der Waals surface area contributed by atoms with Crippen LogP contribution in [0.3, 0.4) is 0 Å². The molecular formula is C49H68O10. The largest absolute Gasteiger partial charge is 0.494 e. The van der Waals surface area contributed by atoms with Crippen LogP contribution in [0.4, 0.5) is 0 Å². The normalized spacial score (nSPS) is 15.5. The van der Waals surface area contributed by atoms with Crippen molar-refractivity contribution in [1.82, 2.24) is 0 Å². The van der Waals surface area contributed by atoms with E-state index >= 15 is 0 Å². The molecule has 0 radical (unpaired) electrons. The maximum Gasteiger partial charge on any atom is 0.343 e. The fourth-order valence-electron chi connectivity index (χ4n) is 6.72. The summed E-state index contributed by atoms with van der Waals surface area (Å²) in [6, 6.07) is 19.0. The van der Waals surface area contributed by atoms with Gasteiger partial charge in [0.05, 0.1) is 50.8 Å². The second-order valence-electron chi connectivity index (χ2n) is 15.9. The van der Waals surface area contributed by atoms with E-state index in [4.69, 9.17) is 37.9 Å². The summed E-state index contributed by atoms with van der Waals surface area (Å²) in [5.41, 5.74) is 1.52. The molecule has 10 nitrogen and oxygen atoms in total. The van der Waals surface area contributed by atoms with E-state index in [2.05, 4.69) is 0 Å². The van der Waals surface area contributed by atoms with E-state index in [0.717, 1.165) is 89.7 Å². The van der Waals surface area contributed by atoms with Crippen molar-refractivity contribution in [2.45, 2.75) is 135 Å². The minimum atomic E-state index is -0.473. The second-order valence-corrected chi connectivity index (χ2v) is 15.9. The lowest BCUT2D eigenvalue weighted by Gasteiger charge is -2.11. The summed E-state index contributed by atoms with van der Waals surface area (Å²) in [6.07, 6.45) is 22.5. The molecule has 0 bridgehead atoms. The van der Waals surface area contributed by atoms with Gasteiger partial charge < -0.3 is 37.9 Å². The number of ether oxygens (including phenoxy) is 8. The molecule has 2 aliphatic heterocycles. The first-order chi connectivity index (χ1) is 29.0. The highest BCUT2D eigenvalue weighted by Gasteiger charge is 2.22. The smallest absolute Gasteiger partial charge is 0.343 e. The maximum absolute atomic E-state index is 12.9. The average Bonchev–Trinajstić information content (AvgIpc) is 4.20. The van der Waals surface area contributed by atoms with E-state index in [-0.39, 0.29) is 0 Å². The van der Waals surface area contributed by atoms with Crippen LogP contribution in [0, 0.1) is 6.92 Å². The molecular weight excluding hydrogens is 749 g/mol. The van der Waals surface area contributed by atoms with E-state index in [1.807, 2.05) is 0 Å². The Morgan fingerprint density at radius 3 is 1.22 bits per heavy atom. The summed E-state index contributed by atoms with van der Waals surface area (Å²) in [5.74, 6) is 1.29. The fourth-order valence-corrected chi connectivity index (χ4v) is 6.72. The van der Waals surface area contributed by atoms with E-state index < -0.39 is 11.9 Å². The van der Waals surface area contributed by atoms with Crippen molar-refractivity contribution in [3.05, 3.63) is 83.4 Å². The van der Waals surface area contributed by atoms with Gasteiger partial charge in [0.15, 0.2) is 0 Å². The molecule has 2 saturated heterocycles. The number of carbonyl (C=O) groups excluding carboxylic acids is 2. The van der Waals surface area contributed by atoms with Crippen LogP contribution in [0.25, 0.3) is 0 Å². The van der Waals surface area contributed by atoms with Crippen molar-refractivity contribution >= 4 is 11.9 Å². The van der Waals surface area contributed by atoms with E-state index in [1.165, 1.54) is 77.0 Å². The predicted octanol–water partition coefficient (Wildman–Crippen LogP) is 11.0. The number of unbranched alkanes of at least 4 members (excludes halogenated alkanes) is 16. The Labute approximate surface area is 352 Å². The number of carbonyl (C=O) groups is 2. The Hall–Kier alpha value is -3.96. The first kappa shape index (κ1) is 46.1. The standard InChI is InChI=1S/C49H68O10/c1-39-34-44(58-48(50)40-20-24-42(25-21-40)54-32-18-14-10-6-2-4-8-12-16-30-52-35-45-37-56-45)28-29-47(39)59-49(51)41-22-26-43(27-23-41)55-33-19-15-11-7-3-5-9-13-17-31-53-36-46-38-57-46/h20-29,34,45-46H,2-19,30-33,35-38H2,1H3. The van der Waals surface area contributed by atoms with Crippen molar-refractivity contribution in [2.24, 2.45) is 0 Å². The Morgan fingerprint density at radius 2 is 0.831 bits per heavy atom. The van der Waals surface area contributed by atoms with Crippen LogP contribution < -0.4 is 18.9 Å². The summed E-state index contributed by atoms with van der Waals surface area (Å²) >= 11 is 0. The third-order valence-electron chi connectivity index (χ3n) is 10.6. The van der Waals surface area contributed by atoms with Gasteiger partial charge in [-0.2, -0.15) is 0 Å². The molecule has 3 aromatic rings. The van der Waals surface area contributed by atoms with E-state index in [1.54, 1.807) is 73.7 Å². The number of aryl methyl sites for hydroxylation is 1. The lowest BCUT2D eigenvalue weighted by atomic mass is 10.1. The maximum atomic E-state index is 12.9. The molecule has 5 rings (SSSR count). The van der Waals surface area contributed by atoms with Crippen molar-refractivity contribution in [2.75, 3.05) is 52.9 Å². The molecule has 2 atom stereocenters. The topological polar surface area (TPSA) is 115 Å². The number of hydrogen-bond acceptors (Lipinski definition) is 10. The van der Waals surface area contributed by atoms with Crippen LogP contribution in [-0.2, 0) is 18.9 Å². The number of rotatable bonds is 34. The van der Waals surface area contributed by atoms with Crippen LogP contribution in [0.5, 0.6) is 23.0 Å². The van der Waals surface area contributed by atoms with Crippen LogP contribution in [0.15, 0.2) is 66.7 Å².